The van der Waals surface area contributed by atoms with E-state index in [1.165, 1.54) is 6.08 Å². The summed E-state index contributed by atoms with van der Waals surface area (Å²) in [6.07, 6.45) is 2.98. The van der Waals surface area contributed by atoms with Gasteiger partial charge < -0.3 is 11.1 Å². The highest BCUT2D eigenvalue weighted by Crippen LogP contribution is 2.31. The lowest BCUT2D eigenvalue weighted by Gasteiger charge is -2.14. The molecular weight excluding hydrogens is 322 g/mol. The first kappa shape index (κ1) is 14.5. The number of nitrogen functional groups attached to an aromatic ring is 1. The standard InChI is InChI=1S/C18H14ClN5/c1-11-7-12(3-2-6-20)8-15(21)17(11)24-18-14-5-4-13(19)9-16(14)22-10-23-18/h2-5,7-10H,21H2,1H3,(H,22,23,24)/i10D. The molecule has 3 N–H and O–H groups in total. The number of hydrogen-bond donors (Lipinski definition) is 2. The lowest BCUT2D eigenvalue weighted by molar-refractivity contribution is 1.21. The average molecular weight is 337 g/mol. The summed E-state index contributed by atoms with van der Waals surface area (Å²) in [5.74, 6) is 0.488. The molecule has 3 aromatic rings. The molecule has 1 aromatic heterocycles. The monoisotopic (exact) mass is 336 g/mol. The van der Waals surface area contributed by atoms with E-state index in [-0.39, 0.29) is 6.30 Å². The minimum atomic E-state index is -0.109. The Bertz CT molecular complexity index is 1010. The summed E-state index contributed by atoms with van der Waals surface area (Å²) in [6, 6.07) is 10.9. The maximum atomic E-state index is 8.64. The van der Waals surface area contributed by atoms with Gasteiger partial charge in [-0.2, -0.15) is 5.26 Å². The third-order valence-corrected chi connectivity index (χ3v) is 3.76. The summed E-state index contributed by atoms with van der Waals surface area (Å²) in [5, 5.41) is 13.1. The van der Waals surface area contributed by atoms with Crippen LogP contribution in [0.5, 0.6) is 0 Å². The molecule has 0 saturated carbocycles. The third kappa shape index (κ3) is 3.14. The quantitative estimate of drug-likeness (QED) is 0.544. The molecule has 118 valence electrons. The van der Waals surface area contributed by atoms with Gasteiger partial charge in [0.15, 0.2) is 0 Å². The van der Waals surface area contributed by atoms with Crippen molar-refractivity contribution in [2.24, 2.45) is 0 Å². The molecule has 0 radical (unpaired) electrons. The second kappa shape index (κ2) is 6.57. The predicted octanol–water partition coefficient (Wildman–Crippen LogP) is 4.45. The molecule has 1 heterocycles. The highest BCUT2D eigenvalue weighted by molar-refractivity contribution is 6.31. The van der Waals surface area contributed by atoms with Crippen LogP contribution < -0.4 is 11.1 Å². The molecular formula is C18H14ClN5. The SMILES string of the molecule is [2H]c1nc(Nc2c(C)cc(C=CC#N)cc2N)c2ccc(Cl)cc2n1. The number of nitrogens with zero attached hydrogens (tertiary/aromatic N) is 3. The number of aromatic nitrogens is 2. The zero-order valence-corrected chi connectivity index (χ0v) is 13.6. The number of rotatable bonds is 3. The van der Waals surface area contributed by atoms with Crippen molar-refractivity contribution in [3.8, 4) is 6.07 Å². The number of nitrogens with one attached hydrogen (secondary N) is 1. The molecule has 0 fully saturated rings. The smallest absolute Gasteiger partial charge is 0.141 e. The lowest BCUT2D eigenvalue weighted by Crippen LogP contribution is -2.02. The maximum Gasteiger partial charge on any atom is 0.141 e. The number of anilines is 3. The van der Waals surface area contributed by atoms with Crippen LogP contribution in [0.15, 0.2) is 42.7 Å². The van der Waals surface area contributed by atoms with Crippen molar-refractivity contribution in [3.05, 3.63) is 58.9 Å². The Labute approximate surface area is 145 Å². The summed E-state index contributed by atoms with van der Waals surface area (Å²) < 4.78 is 7.80. The Morgan fingerprint density at radius 1 is 1.33 bits per heavy atom. The summed E-state index contributed by atoms with van der Waals surface area (Å²) >= 11 is 6.00. The number of fused-ring (bicyclic) bond motifs is 1. The molecule has 6 heteroatoms. The van der Waals surface area contributed by atoms with Gasteiger partial charge in [-0.3, -0.25) is 0 Å². The van der Waals surface area contributed by atoms with Gasteiger partial charge in [-0.1, -0.05) is 11.6 Å². The average Bonchev–Trinajstić information content (AvgIpc) is 2.55. The zero-order chi connectivity index (χ0) is 18.0. The maximum absolute atomic E-state index is 8.64. The van der Waals surface area contributed by atoms with Crippen molar-refractivity contribution in [3.63, 3.8) is 0 Å². The lowest BCUT2D eigenvalue weighted by atomic mass is 10.1. The van der Waals surface area contributed by atoms with Crippen LogP contribution in [0.2, 0.25) is 5.02 Å². The fourth-order valence-electron chi connectivity index (χ4n) is 2.44. The van der Waals surface area contributed by atoms with E-state index in [1.54, 1.807) is 30.3 Å². The van der Waals surface area contributed by atoms with Gasteiger partial charge in [0, 0.05) is 16.5 Å². The Kier molecular flexibility index (Phi) is 3.96. The molecule has 0 unspecified atom stereocenters. The van der Waals surface area contributed by atoms with Gasteiger partial charge in [0.25, 0.3) is 0 Å². The first-order valence-electron chi connectivity index (χ1n) is 7.65. The van der Waals surface area contributed by atoms with E-state index in [1.807, 2.05) is 19.1 Å². The first-order chi connectivity index (χ1) is 12.0. The molecule has 5 nitrogen and oxygen atoms in total. The minimum Gasteiger partial charge on any atom is -0.397 e. The van der Waals surface area contributed by atoms with E-state index in [4.69, 9.17) is 24.0 Å². The van der Waals surface area contributed by atoms with Crippen LogP contribution in [-0.2, 0) is 0 Å². The van der Waals surface area contributed by atoms with Crippen molar-refractivity contribution < 1.29 is 1.37 Å². The van der Waals surface area contributed by atoms with E-state index >= 15 is 0 Å². The van der Waals surface area contributed by atoms with E-state index in [0.29, 0.717) is 27.7 Å². The van der Waals surface area contributed by atoms with E-state index < -0.39 is 0 Å². The van der Waals surface area contributed by atoms with Crippen LogP contribution in [0.3, 0.4) is 0 Å². The van der Waals surface area contributed by atoms with Gasteiger partial charge in [-0.25, -0.2) is 9.97 Å². The second-order valence-corrected chi connectivity index (χ2v) is 5.66. The van der Waals surface area contributed by atoms with Crippen molar-refractivity contribution in [2.45, 2.75) is 6.92 Å². The number of hydrogen-bond acceptors (Lipinski definition) is 5. The van der Waals surface area contributed by atoms with Crippen molar-refractivity contribution >= 4 is 45.8 Å². The van der Waals surface area contributed by atoms with Gasteiger partial charge in [-0.15, -0.1) is 0 Å². The molecule has 0 spiro atoms. The molecule has 0 aliphatic heterocycles. The summed E-state index contributed by atoms with van der Waals surface area (Å²) in [7, 11) is 0. The largest absolute Gasteiger partial charge is 0.397 e. The summed E-state index contributed by atoms with van der Waals surface area (Å²) in [5.41, 5.74) is 9.69. The van der Waals surface area contributed by atoms with E-state index in [2.05, 4.69) is 15.3 Å². The van der Waals surface area contributed by atoms with E-state index in [9.17, 15) is 0 Å². The number of nitriles is 1. The van der Waals surface area contributed by atoms with Gasteiger partial charge >= 0.3 is 0 Å². The Hall–Kier alpha value is -3.10. The van der Waals surface area contributed by atoms with Crippen LogP contribution in [-0.4, -0.2) is 9.97 Å². The minimum absolute atomic E-state index is 0.109. The van der Waals surface area contributed by atoms with Gasteiger partial charge in [-0.05, 0) is 54.5 Å². The Morgan fingerprint density at radius 2 is 2.17 bits per heavy atom. The molecule has 3 rings (SSSR count). The van der Waals surface area contributed by atoms with Crippen molar-refractivity contribution in [1.82, 2.24) is 9.97 Å². The van der Waals surface area contributed by atoms with Crippen LogP contribution in [0, 0.1) is 18.3 Å². The van der Waals surface area contributed by atoms with Crippen LogP contribution in [0.4, 0.5) is 17.2 Å². The van der Waals surface area contributed by atoms with E-state index in [0.717, 1.165) is 16.5 Å². The molecule has 0 amide bonds. The topological polar surface area (TPSA) is 87.6 Å². The van der Waals surface area contributed by atoms with Crippen LogP contribution in [0.25, 0.3) is 17.0 Å². The highest BCUT2D eigenvalue weighted by Gasteiger charge is 2.09. The molecule has 2 aromatic carbocycles. The molecule has 0 aliphatic rings. The molecule has 0 aliphatic carbocycles. The van der Waals surface area contributed by atoms with Gasteiger partial charge in [0.05, 0.1) is 23.0 Å². The molecule has 0 saturated heterocycles. The summed E-state index contributed by atoms with van der Waals surface area (Å²) in [4.78, 5) is 8.26. The first-order valence-corrected chi connectivity index (χ1v) is 7.53. The number of halogens is 1. The number of benzene rings is 2. The zero-order valence-electron chi connectivity index (χ0n) is 13.8. The fraction of sp³-hybridized carbons (Fsp3) is 0.0556. The van der Waals surface area contributed by atoms with Crippen molar-refractivity contribution in [2.75, 3.05) is 11.1 Å². The summed E-state index contributed by atoms with van der Waals surface area (Å²) in [6.45, 7) is 1.91. The van der Waals surface area contributed by atoms with Gasteiger partial charge in [0.2, 0.25) is 0 Å². The third-order valence-electron chi connectivity index (χ3n) is 3.53. The second-order valence-electron chi connectivity index (χ2n) is 5.22. The number of allylic oxidation sites excluding steroid dienone is 1. The number of aryl methyl sites for hydroxylation is 1. The Balaban J connectivity index is 2.08. The van der Waals surface area contributed by atoms with Crippen LogP contribution >= 0.6 is 11.6 Å². The molecule has 24 heavy (non-hydrogen) atoms. The number of nitrogens with two attached hydrogens (primary N) is 1. The fourth-order valence-corrected chi connectivity index (χ4v) is 2.61. The van der Waals surface area contributed by atoms with Crippen LogP contribution in [0.1, 0.15) is 12.5 Å². The highest BCUT2D eigenvalue weighted by atomic mass is 35.5. The Morgan fingerprint density at radius 3 is 2.92 bits per heavy atom. The van der Waals surface area contributed by atoms with Crippen molar-refractivity contribution in [1.29, 1.82) is 5.26 Å². The van der Waals surface area contributed by atoms with Gasteiger partial charge in [0.1, 0.15) is 13.5 Å². The normalized spacial score (nSPS) is 11.5. The molecule has 0 bridgehead atoms. The molecule has 0 atom stereocenters. The predicted molar refractivity (Wildman–Crippen MR) is 98.1 cm³/mol.